The number of carbonyl (C=O) groups is 2. The number of esters is 1. The Labute approximate surface area is 114 Å². The molecule has 6 nitrogen and oxygen atoms in total. The Morgan fingerprint density at radius 3 is 2.50 bits per heavy atom. The number of aliphatic carboxylic acids is 1. The fraction of sp³-hybridized carbons (Fsp3) is 0.385. The number of aliphatic hydroxyl groups is 2. The summed E-state index contributed by atoms with van der Waals surface area (Å²) in [5.74, 6) is -3.09. The fourth-order valence-corrected chi connectivity index (χ4v) is 1.62. The van der Waals surface area contributed by atoms with Crippen LogP contribution in [0, 0.1) is 5.82 Å². The highest BCUT2D eigenvalue weighted by Crippen LogP contribution is 2.22. The zero-order valence-corrected chi connectivity index (χ0v) is 10.7. The predicted molar refractivity (Wildman–Crippen MR) is 65.3 cm³/mol. The number of hydrogen-bond acceptors (Lipinski definition) is 5. The summed E-state index contributed by atoms with van der Waals surface area (Å²) >= 11 is 0. The highest BCUT2D eigenvalue weighted by Gasteiger charge is 2.29. The topological polar surface area (TPSA) is 104 Å². The molecule has 110 valence electrons. The molecule has 1 rings (SSSR count). The molecule has 2 unspecified atom stereocenters. The zero-order chi connectivity index (χ0) is 15.3. The van der Waals surface area contributed by atoms with Crippen molar-refractivity contribution >= 4 is 11.9 Å². The van der Waals surface area contributed by atoms with Crippen LogP contribution in [0.25, 0.3) is 0 Å². The molecule has 0 saturated carbocycles. The van der Waals surface area contributed by atoms with Gasteiger partial charge in [0.05, 0.1) is 13.0 Å². The first-order chi connectivity index (χ1) is 9.36. The summed E-state index contributed by atoms with van der Waals surface area (Å²) < 4.78 is 18.3. The van der Waals surface area contributed by atoms with Gasteiger partial charge in [0.25, 0.3) is 0 Å². The minimum atomic E-state index is -1.91. The van der Waals surface area contributed by atoms with E-state index < -0.39 is 30.0 Å². The number of halogens is 1. The Balaban J connectivity index is 2.90. The molecule has 0 heterocycles. The van der Waals surface area contributed by atoms with E-state index in [0.29, 0.717) is 0 Å². The van der Waals surface area contributed by atoms with Gasteiger partial charge < -0.3 is 20.1 Å². The first kappa shape index (κ1) is 16.1. The number of carbonyl (C=O) groups excluding carboxylic acids is 1. The maximum atomic E-state index is 13.7. The summed E-state index contributed by atoms with van der Waals surface area (Å²) in [6, 6.07) is 3.36. The molecule has 0 saturated heterocycles. The molecule has 20 heavy (non-hydrogen) atoms. The molecule has 0 aliphatic rings. The highest BCUT2D eigenvalue weighted by atomic mass is 19.1. The molecule has 0 bridgehead atoms. The van der Waals surface area contributed by atoms with E-state index in [0.717, 1.165) is 12.1 Å². The van der Waals surface area contributed by atoms with E-state index in [2.05, 4.69) is 4.74 Å². The largest absolute Gasteiger partial charge is 0.481 e. The second kappa shape index (κ2) is 6.97. The van der Waals surface area contributed by atoms with Crippen molar-refractivity contribution in [3.63, 3.8) is 0 Å². The molecule has 0 aliphatic heterocycles. The molecule has 0 radical (unpaired) electrons. The van der Waals surface area contributed by atoms with Gasteiger partial charge in [0.1, 0.15) is 11.9 Å². The maximum absolute atomic E-state index is 13.7. The Hall–Kier alpha value is -1.99. The lowest BCUT2D eigenvalue weighted by Crippen LogP contribution is -2.30. The number of carboxylic acid groups (broad SMARTS) is 1. The van der Waals surface area contributed by atoms with Crippen LogP contribution in [0.2, 0.25) is 0 Å². The van der Waals surface area contributed by atoms with Crippen LogP contribution in [0.4, 0.5) is 4.39 Å². The van der Waals surface area contributed by atoms with Crippen molar-refractivity contribution < 1.29 is 34.0 Å². The molecule has 1 aromatic rings. The van der Waals surface area contributed by atoms with Crippen LogP contribution in [0.1, 0.15) is 24.2 Å². The van der Waals surface area contributed by atoms with Gasteiger partial charge in [0.15, 0.2) is 6.10 Å². The lowest BCUT2D eigenvalue weighted by atomic mass is 10.0. The van der Waals surface area contributed by atoms with E-state index >= 15 is 0 Å². The number of rotatable bonds is 6. The Kier molecular flexibility index (Phi) is 5.60. The van der Waals surface area contributed by atoms with E-state index in [1.807, 2.05) is 0 Å². The number of aliphatic hydroxyl groups excluding tert-OH is 2. The van der Waals surface area contributed by atoms with Crippen LogP contribution in [0.3, 0.4) is 0 Å². The summed E-state index contributed by atoms with van der Waals surface area (Å²) in [6.45, 7) is 1.54. The first-order valence-electron chi connectivity index (χ1n) is 5.89. The molecule has 3 N–H and O–H groups in total. The van der Waals surface area contributed by atoms with Gasteiger partial charge >= 0.3 is 11.9 Å². The average Bonchev–Trinajstić information content (AvgIpc) is 2.36. The van der Waals surface area contributed by atoms with Crippen molar-refractivity contribution in [1.82, 2.24) is 0 Å². The Morgan fingerprint density at radius 2 is 2.00 bits per heavy atom. The molecule has 0 spiro atoms. The normalized spacial score (nSPS) is 13.6. The zero-order valence-electron chi connectivity index (χ0n) is 10.7. The summed E-state index contributed by atoms with van der Waals surface area (Å²) in [7, 11) is 0. The highest BCUT2D eigenvalue weighted by molar-refractivity contribution is 5.75. The van der Waals surface area contributed by atoms with Gasteiger partial charge in [0, 0.05) is 5.56 Å². The third-order valence-corrected chi connectivity index (χ3v) is 2.57. The van der Waals surface area contributed by atoms with Crippen LogP contribution < -0.4 is 0 Å². The van der Waals surface area contributed by atoms with Crippen LogP contribution in [0.5, 0.6) is 0 Å². The lowest BCUT2D eigenvalue weighted by molar-refractivity contribution is -0.159. The van der Waals surface area contributed by atoms with Gasteiger partial charge in [0.2, 0.25) is 0 Å². The van der Waals surface area contributed by atoms with Gasteiger partial charge in [-0.3, -0.25) is 4.79 Å². The summed E-state index contributed by atoms with van der Waals surface area (Å²) in [5.41, 5.74) is -0.101. The molecular formula is C13H15FO6. The molecule has 0 aliphatic carbocycles. The van der Waals surface area contributed by atoms with E-state index in [1.165, 1.54) is 13.0 Å². The first-order valence-corrected chi connectivity index (χ1v) is 5.89. The number of benzene rings is 1. The van der Waals surface area contributed by atoms with Crippen molar-refractivity contribution in [2.75, 3.05) is 6.61 Å². The minimum absolute atomic E-state index is 0.0165. The van der Waals surface area contributed by atoms with Crippen molar-refractivity contribution in [2.24, 2.45) is 0 Å². The molecule has 2 atom stereocenters. The smallest absolute Gasteiger partial charge is 0.338 e. The van der Waals surface area contributed by atoms with Crippen molar-refractivity contribution in [3.05, 3.63) is 35.1 Å². The van der Waals surface area contributed by atoms with E-state index in [9.17, 15) is 24.2 Å². The van der Waals surface area contributed by atoms with Gasteiger partial charge in [-0.25, -0.2) is 9.18 Å². The lowest BCUT2D eigenvalue weighted by Gasteiger charge is -2.17. The molecule has 7 heteroatoms. The molecule has 0 amide bonds. The van der Waals surface area contributed by atoms with Crippen molar-refractivity contribution in [2.45, 2.75) is 25.6 Å². The minimum Gasteiger partial charge on any atom is -0.481 e. The SMILES string of the molecule is CCOC(=O)C(O)C(O)c1ccc(CC(=O)O)cc1F. The quantitative estimate of drug-likeness (QED) is 0.654. The number of ether oxygens (including phenoxy) is 1. The van der Waals surface area contributed by atoms with Gasteiger partial charge in [-0.05, 0) is 18.6 Å². The monoisotopic (exact) mass is 286 g/mol. The third-order valence-electron chi connectivity index (χ3n) is 2.57. The van der Waals surface area contributed by atoms with Crippen molar-refractivity contribution in [3.8, 4) is 0 Å². The average molecular weight is 286 g/mol. The molecule has 1 aromatic carbocycles. The fourth-order valence-electron chi connectivity index (χ4n) is 1.62. The van der Waals surface area contributed by atoms with Gasteiger partial charge in [-0.1, -0.05) is 12.1 Å². The van der Waals surface area contributed by atoms with Crippen molar-refractivity contribution in [1.29, 1.82) is 0 Å². The molecule has 0 aromatic heterocycles. The number of hydrogen-bond donors (Lipinski definition) is 3. The van der Waals surface area contributed by atoms with E-state index in [-0.39, 0.29) is 24.2 Å². The van der Waals surface area contributed by atoms with Crippen LogP contribution in [-0.2, 0) is 20.7 Å². The summed E-state index contributed by atoms with van der Waals surface area (Å²) in [5, 5.41) is 27.8. The number of carboxylic acids is 1. The Bertz CT molecular complexity index is 502. The van der Waals surface area contributed by atoms with E-state index in [1.54, 1.807) is 0 Å². The standard InChI is InChI=1S/C13H15FO6/c1-2-20-13(19)12(18)11(17)8-4-3-7(5-9(8)14)6-10(15)16/h3-5,11-12,17-18H,2,6H2,1H3,(H,15,16). The Morgan fingerprint density at radius 1 is 1.35 bits per heavy atom. The predicted octanol–water partition coefficient (Wildman–Crippen LogP) is 0.410. The van der Waals surface area contributed by atoms with Crippen LogP contribution in [0.15, 0.2) is 18.2 Å². The molecular weight excluding hydrogens is 271 g/mol. The van der Waals surface area contributed by atoms with Crippen LogP contribution >= 0.6 is 0 Å². The molecule has 0 fully saturated rings. The van der Waals surface area contributed by atoms with Gasteiger partial charge in [-0.15, -0.1) is 0 Å². The summed E-state index contributed by atoms with van der Waals surface area (Å²) in [6.07, 6.45) is -4.06. The van der Waals surface area contributed by atoms with E-state index in [4.69, 9.17) is 5.11 Å². The third kappa shape index (κ3) is 4.01. The second-order valence-corrected chi connectivity index (χ2v) is 4.07. The van der Waals surface area contributed by atoms with Gasteiger partial charge in [-0.2, -0.15) is 0 Å². The summed E-state index contributed by atoms with van der Waals surface area (Å²) in [4.78, 5) is 21.7. The van der Waals surface area contributed by atoms with Crippen LogP contribution in [-0.4, -0.2) is 40.0 Å². The maximum Gasteiger partial charge on any atom is 0.338 e. The second-order valence-electron chi connectivity index (χ2n) is 4.07.